The molecular formula is C12H13N5O3S. The molecule has 1 amide bonds. The van der Waals surface area contributed by atoms with Gasteiger partial charge in [0.2, 0.25) is 11.1 Å². The van der Waals surface area contributed by atoms with E-state index >= 15 is 0 Å². The highest BCUT2D eigenvalue weighted by Crippen LogP contribution is 2.14. The second-order valence-electron chi connectivity index (χ2n) is 3.90. The van der Waals surface area contributed by atoms with Gasteiger partial charge in [-0.05, 0) is 22.6 Å². The van der Waals surface area contributed by atoms with Crippen LogP contribution < -0.4 is 5.32 Å². The zero-order valence-electron chi connectivity index (χ0n) is 11.2. The van der Waals surface area contributed by atoms with Gasteiger partial charge in [0, 0.05) is 5.69 Å². The average Bonchev–Trinajstić information content (AvgIpc) is 2.93. The Bertz CT molecular complexity index is 616. The van der Waals surface area contributed by atoms with Gasteiger partial charge in [0.15, 0.2) is 0 Å². The number of amides is 1. The largest absolute Gasteiger partial charge is 0.468 e. The van der Waals surface area contributed by atoms with Gasteiger partial charge in [-0.2, -0.15) is 0 Å². The molecule has 0 aliphatic rings. The second kappa shape index (κ2) is 7.39. The number of rotatable bonds is 6. The van der Waals surface area contributed by atoms with Gasteiger partial charge in [-0.3, -0.25) is 9.59 Å². The molecule has 8 nitrogen and oxygen atoms in total. The van der Waals surface area contributed by atoms with Crippen LogP contribution in [0.4, 0.5) is 5.69 Å². The molecule has 2 aromatic rings. The molecule has 110 valence electrons. The van der Waals surface area contributed by atoms with Gasteiger partial charge in [0.1, 0.15) is 6.54 Å². The maximum absolute atomic E-state index is 11.8. The fourth-order valence-corrected chi connectivity index (χ4v) is 2.11. The summed E-state index contributed by atoms with van der Waals surface area (Å²) in [4.78, 5) is 23.0. The number of nitrogens with zero attached hydrogens (tertiary/aromatic N) is 4. The molecule has 1 heterocycles. The van der Waals surface area contributed by atoms with Crippen LogP contribution in [0.25, 0.3) is 0 Å². The highest BCUT2D eigenvalue weighted by Gasteiger charge is 2.13. The van der Waals surface area contributed by atoms with Gasteiger partial charge >= 0.3 is 5.97 Å². The normalized spacial score (nSPS) is 10.1. The van der Waals surface area contributed by atoms with E-state index in [-0.39, 0.29) is 18.2 Å². The third kappa shape index (κ3) is 4.56. The number of esters is 1. The number of anilines is 1. The summed E-state index contributed by atoms with van der Waals surface area (Å²) in [5.74, 6) is -0.507. The van der Waals surface area contributed by atoms with Crippen LogP contribution >= 0.6 is 11.8 Å². The summed E-state index contributed by atoms with van der Waals surface area (Å²) in [6, 6.07) is 9.12. The predicted molar refractivity (Wildman–Crippen MR) is 75.6 cm³/mol. The first-order chi connectivity index (χ1) is 10.2. The molecule has 1 aromatic heterocycles. The standard InChI is InChI=1S/C12H13N5O3S/c1-20-11(19)7-17-12(14-15-16-17)21-8-10(18)13-9-5-3-2-4-6-9/h2-6H,7-8H2,1H3,(H,13,18). The number of carbonyl (C=O) groups excluding carboxylic acids is 2. The molecular weight excluding hydrogens is 294 g/mol. The number of hydrogen-bond acceptors (Lipinski definition) is 7. The molecule has 0 saturated carbocycles. The van der Waals surface area contributed by atoms with Crippen LogP contribution in [-0.4, -0.2) is 44.9 Å². The lowest BCUT2D eigenvalue weighted by molar-refractivity contribution is -0.141. The van der Waals surface area contributed by atoms with Crippen molar-refractivity contribution < 1.29 is 14.3 Å². The fourth-order valence-electron chi connectivity index (χ4n) is 1.43. The highest BCUT2D eigenvalue weighted by molar-refractivity contribution is 7.99. The Labute approximate surface area is 124 Å². The van der Waals surface area contributed by atoms with E-state index in [0.29, 0.717) is 5.16 Å². The van der Waals surface area contributed by atoms with Crippen molar-refractivity contribution in [1.29, 1.82) is 0 Å². The average molecular weight is 307 g/mol. The quantitative estimate of drug-likeness (QED) is 0.615. The summed E-state index contributed by atoms with van der Waals surface area (Å²) in [7, 11) is 1.28. The molecule has 0 saturated heterocycles. The Morgan fingerprint density at radius 1 is 1.33 bits per heavy atom. The van der Waals surface area contributed by atoms with Crippen molar-refractivity contribution >= 4 is 29.3 Å². The molecule has 2 rings (SSSR count). The van der Waals surface area contributed by atoms with E-state index < -0.39 is 5.97 Å². The predicted octanol–water partition coefficient (Wildman–Crippen LogP) is 0.577. The van der Waals surface area contributed by atoms with Crippen LogP contribution in [0.1, 0.15) is 0 Å². The van der Waals surface area contributed by atoms with Crippen molar-refractivity contribution in [2.45, 2.75) is 11.7 Å². The van der Waals surface area contributed by atoms with Gasteiger partial charge in [-0.25, -0.2) is 4.68 Å². The lowest BCUT2D eigenvalue weighted by Gasteiger charge is -2.05. The van der Waals surface area contributed by atoms with Crippen LogP contribution in [0.3, 0.4) is 0 Å². The second-order valence-corrected chi connectivity index (χ2v) is 4.84. The summed E-state index contributed by atoms with van der Waals surface area (Å²) in [5.41, 5.74) is 0.720. The van der Waals surface area contributed by atoms with Crippen molar-refractivity contribution in [3.8, 4) is 0 Å². The molecule has 0 bridgehead atoms. The first-order valence-corrected chi connectivity index (χ1v) is 6.98. The van der Waals surface area contributed by atoms with Crippen molar-refractivity contribution in [3.63, 3.8) is 0 Å². The van der Waals surface area contributed by atoms with Gasteiger partial charge in [0.25, 0.3) is 0 Å². The zero-order chi connectivity index (χ0) is 15.1. The Balaban J connectivity index is 1.87. The van der Waals surface area contributed by atoms with E-state index in [1.54, 1.807) is 12.1 Å². The number of nitrogens with one attached hydrogen (secondary N) is 1. The summed E-state index contributed by atoms with van der Waals surface area (Å²) in [6.07, 6.45) is 0. The molecule has 0 unspecified atom stereocenters. The summed E-state index contributed by atoms with van der Waals surface area (Å²) >= 11 is 1.14. The molecule has 0 spiro atoms. The topological polar surface area (TPSA) is 99.0 Å². The first-order valence-electron chi connectivity index (χ1n) is 5.99. The van der Waals surface area contributed by atoms with Crippen LogP contribution in [0.5, 0.6) is 0 Å². The van der Waals surface area contributed by atoms with Crippen LogP contribution in [0, 0.1) is 0 Å². The minimum Gasteiger partial charge on any atom is -0.468 e. The molecule has 0 atom stereocenters. The number of methoxy groups -OCH3 is 1. The SMILES string of the molecule is COC(=O)Cn1nnnc1SCC(=O)Nc1ccccc1. The maximum atomic E-state index is 11.8. The maximum Gasteiger partial charge on any atom is 0.327 e. The number of benzene rings is 1. The van der Waals surface area contributed by atoms with E-state index in [4.69, 9.17) is 0 Å². The molecule has 0 radical (unpaired) electrons. The Kier molecular flexibility index (Phi) is 5.27. The van der Waals surface area contributed by atoms with Gasteiger partial charge in [-0.1, -0.05) is 30.0 Å². The number of tetrazole rings is 1. The number of aromatic nitrogens is 4. The fraction of sp³-hybridized carbons (Fsp3) is 0.250. The number of hydrogen-bond donors (Lipinski definition) is 1. The van der Waals surface area contributed by atoms with Gasteiger partial charge in [0.05, 0.1) is 12.9 Å². The summed E-state index contributed by atoms with van der Waals surface area (Å²) < 4.78 is 5.82. The number of carbonyl (C=O) groups is 2. The van der Waals surface area contributed by atoms with Crippen LogP contribution in [0.15, 0.2) is 35.5 Å². The van der Waals surface area contributed by atoms with Gasteiger partial charge in [-0.15, -0.1) is 5.10 Å². The Hall–Kier alpha value is -2.42. The highest BCUT2D eigenvalue weighted by atomic mass is 32.2. The van der Waals surface area contributed by atoms with E-state index in [0.717, 1.165) is 17.4 Å². The minimum atomic E-state index is -0.460. The minimum absolute atomic E-state index is 0.0911. The van der Waals surface area contributed by atoms with Crippen molar-refractivity contribution in [3.05, 3.63) is 30.3 Å². The number of thioether (sulfide) groups is 1. The molecule has 1 aromatic carbocycles. The molecule has 0 fully saturated rings. The molecule has 21 heavy (non-hydrogen) atoms. The van der Waals surface area contributed by atoms with E-state index in [1.165, 1.54) is 11.8 Å². The van der Waals surface area contributed by atoms with Crippen molar-refractivity contribution in [2.24, 2.45) is 0 Å². The van der Waals surface area contributed by atoms with Crippen LogP contribution in [-0.2, 0) is 20.9 Å². The summed E-state index contributed by atoms with van der Waals surface area (Å²) in [5, 5.41) is 14.0. The lowest BCUT2D eigenvalue weighted by atomic mass is 10.3. The van der Waals surface area contributed by atoms with Crippen molar-refractivity contribution in [1.82, 2.24) is 20.2 Å². The third-order valence-corrected chi connectivity index (χ3v) is 3.35. The molecule has 0 aliphatic carbocycles. The molecule has 1 N–H and O–H groups in total. The third-order valence-electron chi connectivity index (χ3n) is 2.40. The summed E-state index contributed by atoms with van der Waals surface area (Å²) in [6.45, 7) is -0.0911. The van der Waals surface area contributed by atoms with E-state index in [1.807, 2.05) is 18.2 Å². The lowest BCUT2D eigenvalue weighted by Crippen LogP contribution is -2.16. The Morgan fingerprint density at radius 3 is 2.81 bits per heavy atom. The number of ether oxygens (including phenoxy) is 1. The number of para-hydroxylation sites is 1. The monoisotopic (exact) mass is 307 g/mol. The van der Waals surface area contributed by atoms with Crippen molar-refractivity contribution in [2.75, 3.05) is 18.2 Å². The van der Waals surface area contributed by atoms with E-state index in [9.17, 15) is 9.59 Å². The smallest absolute Gasteiger partial charge is 0.327 e. The Morgan fingerprint density at radius 2 is 2.10 bits per heavy atom. The van der Waals surface area contributed by atoms with Crippen LogP contribution in [0.2, 0.25) is 0 Å². The van der Waals surface area contributed by atoms with E-state index in [2.05, 4.69) is 25.6 Å². The zero-order valence-corrected chi connectivity index (χ0v) is 12.0. The first kappa shape index (κ1) is 15.0. The molecule has 0 aliphatic heterocycles. The molecule has 9 heteroatoms. The van der Waals surface area contributed by atoms with Gasteiger partial charge < -0.3 is 10.1 Å².